The molecule has 1 fully saturated rings. The summed E-state index contributed by atoms with van der Waals surface area (Å²) in [5.41, 5.74) is 1.49. The van der Waals surface area contributed by atoms with Gasteiger partial charge in [-0.15, -0.1) is 5.10 Å². The largest absolute Gasteiger partial charge is 0.335 e. The lowest BCUT2D eigenvalue weighted by Crippen LogP contribution is -2.48. The number of nitrogens with zero attached hydrogens (tertiary/aromatic N) is 4. The van der Waals surface area contributed by atoms with Gasteiger partial charge in [0.25, 0.3) is 5.91 Å². The lowest BCUT2D eigenvalue weighted by Gasteiger charge is -2.33. The van der Waals surface area contributed by atoms with Gasteiger partial charge in [-0.2, -0.15) is 0 Å². The number of piperazine rings is 1. The van der Waals surface area contributed by atoms with Gasteiger partial charge in [0.2, 0.25) is 0 Å². The zero-order valence-corrected chi connectivity index (χ0v) is 12.8. The summed E-state index contributed by atoms with van der Waals surface area (Å²) in [4.78, 5) is 17.8. The Kier molecular flexibility index (Phi) is 4.26. The van der Waals surface area contributed by atoms with Crippen LogP contribution in [0, 0.1) is 0 Å². The highest BCUT2D eigenvalue weighted by Gasteiger charge is 2.26. The fourth-order valence-corrected chi connectivity index (χ4v) is 3.19. The number of hydrogen-bond acceptors (Lipinski definition) is 5. The smallest absolute Gasteiger partial charge is 0.276 e. The fourth-order valence-electron chi connectivity index (χ4n) is 2.53. The maximum absolute atomic E-state index is 12.7. The average molecular weight is 302 g/mol. The van der Waals surface area contributed by atoms with Gasteiger partial charge in [-0.05, 0) is 23.6 Å². The molecule has 6 heteroatoms. The van der Waals surface area contributed by atoms with E-state index in [0.29, 0.717) is 5.69 Å². The van der Waals surface area contributed by atoms with Crippen LogP contribution in [-0.2, 0) is 0 Å². The molecule has 2 heterocycles. The lowest BCUT2D eigenvalue weighted by molar-refractivity contribution is 0.0638. The molecular formula is C15H18N4OS. The first-order valence-corrected chi connectivity index (χ1v) is 7.96. The summed E-state index contributed by atoms with van der Waals surface area (Å²) < 4.78 is 3.98. The molecule has 1 aromatic carbocycles. The van der Waals surface area contributed by atoms with Crippen LogP contribution in [-0.4, -0.2) is 58.0 Å². The van der Waals surface area contributed by atoms with E-state index in [2.05, 4.69) is 21.4 Å². The Morgan fingerprint density at radius 2 is 1.90 bits per heavy atom. The molecule has 0 N–H and O–H groups in total. The highest BCUT2D eigenvalue weighted by Crippen LogP contribution is 2.26. The van der Waals surface area contributed by atoms with E-state index in [0.717, 1.165) is 43.2 Å². The molecule has 2 aromatic rings. The molecule has 1 amide bonds. The van der Waals surface area contributed by atoms with Gasteiger partial charge < -0.3 is 9.80 Å². The molecule has 1 aliphatic heterocycles. The van der Waals surface area contributed by atoms with E-state index in [1.54, 1.807) is 0 Å². The Bertz CT molecular complexity index is 605. The van der Waals surface area contributed by atoms with Crippen molar-refractivity contribution in [3.8, 4) is 10.4 Å². The van der Waals surface area contributed by atoms with E-state index in [-0.39, 0.29) is 5.91 Å². The molecule has 5 nitrogen and oxygen atoms in total. The predicted octanol–water partition coefficient (Wildman–Crippen LogP) is 1.98. The monoisotopic (exact) mass is 302 g/mol. The van der Waals surface area contributed by atoms with Gasteiger partial charge in [0.1, 0.15) is 0 Å². The molecule has 1 aromatic heterocycles. The highest BCUT2D eigenvalue weighted by molar-refractivity contribution is 7.09. The fraction of sp³-hybridized carbons (Fsp3) is 0.400. The number of rotatable bonds is 3. The summed E-state index contributed by atoms with van der Waals surface area (Å²) in [6, 6.07) is 9.86. The number of hydrogen-bond donors (Lipinski definition) is 0. The summed E-state index contributed by atoms with van der Waals surface area (Å²) in [5.74, 6) is -0.00152. The van der Waals surface area contributed by atoms with Crippen molar-refractivity contribution in [1.29, 1.82) is 0 Å². The van der Waals surface area contributed by atoms with E-state index in [4.69, 9.17) is 0 Å². The lowest BCUT2D eigenvalue weighted by atomic mass is 10.1. The van der Waals surface area contributed by atoms with Crippen molar-refractivity contribution in [2.45, 2.75) is 6.92 Å². The van der Waals surface area contributed by atoms with E-state index in [1.807, 2.05) is 35.2 Å². The van der Waals surface area contributed by atoms with Crippen molar-refractivity contribution < 1.29 is 4.79 Å². The summed E-state index contributed by atoms with van der Waals surface area (Å²) in [7, 11) is 0. The van der Waals surface area contributed by atoms with E-state index in [1.165, 1.54) is 11.5 Å². The van der Waals surface area contributed by atoms with Crippen molar-refractivity contribution in [2.75, 3.05) is 32.7 Å². The van der Waals surface area contributed by atoms with Gasteiger partial charge in [-0.1, -0.05) is 41.7 Å². The zero-order valence-electron chi connectivity index (χ0n) is 12.0. The first-order chi connectivity index (χ1) is 10.3. The van der Waals surface area contributed by atoms with Crippen LogP contribution in [0.2, 0.25) is 0 Å². The van der Waals surface area contributed by atoms with Crippen LogP contribution in [0.25, 0.3) is 10.4 Å². The predicted molar refractivity (Wildman–Crippen MR) is 83.4 cm³/mol. The minimum Gasteiger partial charge on any atom is -0.335 e. The minimum absolute atomic E-state index is 0.00152. The Morgan fingerprint density at radius 3 is 2.57 bits per heavy atom. The molecular weight excluding hydrogens is 284 g/mol. The van der Waals surface area contributed by atoms with Crippen LogP contribution in [0.15, 0.2) is 30.3 Å². The van der Waals surface area contributed by atoms with Gasteiger partial charge >= 0.3 is 0 Å². The minimum atomic E-state index is -0.00152. The average Bonchev–Trinajstić information content (AvgIpc) is 3.04. The number of benzene rings is 1. The molecule has 0 aliphatic carbocycles. The van der Waals surface area contributed by atoms with Gasteiger partial charge in [0.15, 0.2) is 5.69 Å². The Hall–Kier alpha value is -1.79. The number of amides is 1. The third-order valence-electron chi connectivity index (χ3n) is 3.83. The number of likely N-dealkylation sites (N-methyl/N-ethyl adjacent to an activating group) is 1. The second kappa shape index (κ2) is 6.32. The van der Waals surface area contributed by atoms with Crippen molar-refractivity contribution in [2.24, 2.45) is 0 Å². The first kappa shape index (κ1) is 14.2. The first-order valence-electron chi connectivity index (χ1n) is 7.19. The Balaban J connectivity index is 1.79. The maximum Gasteiger partial charge on any atom is 0.276 e. The molecule has 110 valence electrons. The van der Waals surface area contributed by atoms with Crippen LogP contribution in [0.5, 0.6) is 0 Å². The third-order valence-corrected chi connectivity index (χ3v) is 4.61. The number of carbonyl (C=O) groups excluding carboxylic acids is 1. The molecule has 0 unspecified atom stereocenters. The zero-order chi connectivity index (χ0) is 14.7. The second-order valence-electron chi connectivity index (χ2n) is 5.04. The summed E-state index contributed by atoms with van der Waals surface area (Å²) in [6.45, 7) is 6.57. The molecule has 0 radical (unpaired) electrons. The van der Waals surface area contributed by atoms with E-state index in [9.17, 15) is 4.79 Å². The highest BCUT2D eigenvalue weighted by atomic mass is 32.1. The molecule has 1 aliphatic rings. The van der Waals surface area contributed by atoms with Crippen LogP contribution in [0.1, 0.15) is 17.4 Å². The molecule has 0 saturated carbocycles. The van der Waals surface area contributed by atoms with Crippen molar-refractivity contribution in [3.63, 3.8) is 0 Å². The van der Waals surface area contributed by atoms with Crippen LogP contribution in [0.3, 0.4) is 0 Å². The van der Waals surface area contributed by atoms with Gasteiger partial charge in [0, 0.05) is 26.2 Å². The summed E-state index contributed by atoms with van der Waals surface area (Å²) in [6.07, 6.45) is 0. The van der Waals surface area contributed by atoms with Crippen molar-refractivity contribution in [1.82, 2.24) is 19.4 Å². The van der Waals surface area contributed by atoms with Crippen molar-refractivity contribution >= 4 is 17.4 Å². The second-order valence-corrected chi connectivity index (χ2v) is 5.80. The number of carbonyl (C=O) groups is 1. The van der Waals surface area contributed by atoms with Gasteiger partial charge in [-0.3, -0.25) is 4.79 Å². The Labute approximate surface area is 128 Å². The SMILES string of the molecule is CCN1CCN(C(=O)c2nnsc2-c2ccccc2)CC1. The quantitative estimate of drug-likeness (QED) is 0.870. The topological polar surface area (TPSA) is 49.3 Å². The van der Waals surface area contributed by atoms with E-state index < -0.39 is 0 Å². The maximum atomic E-state index is 12.7. The van der Waals surface area contributed by atoms with Crippen LogP contribution >= 0.6 is 11.5 Å². The molecule has 3 rings (SSSR count). The van der Waals surface area contributed by atoms with Crippen LogP contribution in [0.4, 0.5) is 0 Å². The van der Waals surface area contributed by atoms with Gasteiger partial charge in [-0.25, -0.2) is 0 Å². The van der Waals surface area contributed by atoms with E-state index >= 15 is 0 Å². The van der Waals surface area contributed by atoms with Gasteiger partial charge in [0.05, 0.1) is 4.88 Å². The molecule has 21 heavy (non-hydrogen) atoms. The standard InChI is InChI=1S/C15H18N4OS/c1-2-18-8-10-19(11-9-18)15(20)13-14(21-17-16-13)12-6-4-3-5-7-12/h3-7H,2,8-11H2,1H3. The summed E-state index contributed by atoms with van der Waals surface area (Å²) >= 11 is 1.28. The molecule has 1 saturated heterocycles. The normalized spacial score (nSPS) is 16.1. The Morgan fingerprint density at radius 1 is 1.19 bits per heavy atom. The number of aromatic nitrogens is 2. The van der Waals surface area contributed by atoms with Crippen molar-refractivity contribution in [3.05, 3.63) is 36.0 Å². The molecule has 0 bridgehead atoms. The third kappa shape index (κ3) is 2.96. The molecule has 0 spiro atoms. The van der Waals surface area contributed by atoms with Crippen LogP contribution < -0.4 is 0 Å². The summed E-state index contributed by atoms with van der Waals surface area (Å²) in [5, 5.41) is 4.07. The molecule has 0 atom stereocenters.